The number of carbonyl (C=O) groups excluding carboxylic acids is 1. The molecule has 0 saturated carbocycles. The highest BCUT2D eigenvalue weighted by Crippen LogP contribution is 2.24. The van der Waals surface area contributed by atoms with Gasteiger partial charge in [0, 0.05) is 31.4 Å². The quantitative estimate of drug-likeness (QED) is 0.902. The first-order valence-corrected chi connectivity index (χ1v) is 7.68. The number of aromatic amines is 1. The van der Waals surface area contributed by atoms with Crippen molar-refractivity contribution in [1.29, 1.82) is 0 Å². The van der Waals surface area contributed by atoms with Gasteiger partial charge < -0.3 is 14.6 Å². The lowest BCUT2D eigenvalue weighted by atomic mass is 10.2. The average molecular weight is 364 g/mol. The minimum atomic E-state index is -0.223. The Balaban J connectivity index is 1.65. The first-order valence-electron chi connectivity index (χ1n) is 6.88. The van der Waals surface area contributed by atoms with E-state index in [1.54, 1.807) is 11.1 Å². The fraction of sp³-hybridized carbons (Fsp3) is 0.267. The number of nitrogens with zero attached hydrogens (tertiary/aromatic N) is 2. The van der Waals surface area contributed by atoms with E-state index in [4.69, 9.17) is 4.74 Å². The molecule has 1 amide bonds. The Bertz CT molecular complexity index is 726. The number of hydrogen-bond acceptors (Lipinski definition) is 4. The molecule has 0 radical (unpaired) electrons. The summed E-state index contributed by atoms with van der Waals surface area (Å²) in [6.45, 7) is 1.12. The number of hydrogen-bond donors (Lipinski definition) is 1. The van der Waals surface area contributed by atoms with E-state index in [1.165, 1.54) is 18.3 Å². The van der Waals surface area contributed by atoms with Gasteiger partial charge >= 0.3 is 0 Å². The van der Waals surface area contributed by atoms with E-state index in [1.807, 2.05) is 12.1 Å². The topological polar surface area (TPSA) is 75.3 Å². The van der Waals surface area contributed by atoms with Gasteiger partial charge in [-0.15, -0.1) is 0 Å². The van der Waals surface area contributed by atoms with Crippen LogP contribution in [0.2, 0.25) is 0 Å². The summed E-state index contributed by atoms with van der Waals surface area (Å²) in [6, 6.07) is 6.56. The van der Waals surface area contributed by atoms with E-state index in [0.29, 0.717) is 24.5 Å². The third-order valence-electron chi connectivity index (χ3n) is 3.47. The summed E-state index contributed by atoms with van der Waals surface area (Å²) in [5.74, 6) is 0.424. The van der Waals surface area contributed by atoms with E-state index in [-0.39, 0.29) is 17.6 Å². The number of aromatic nitrogens is 2. The molecule has 1 fully saturated rings. The standard InChI is InChI=1S/C15H14BrN3O3/c16-12-2-1-6-17-14(12)22-11-5-7-19(9-11)15(21)10-3-4-13(20)18-8-10/h1-4,6,8,11H,5,7,9H2,(H,18,20). The van der Waals surface area contributed by atoms with E-state index in [0.717, 1.165) is 10.9 Å². The summed E-state index contributed by atoms with van der Waals surface area (Å²) in [7, 11) is 0. The predicted molar refractivity (Wildman–Crippen MR) is 83.9 cm³/mol. The van der Waals surface area contributed by atoms with Crippen LogP contribution in [0, 0.1) is 0 Å². The van der Waals surface area contributed by atoms with Gasteiger partial charge in [0.05, 0.1) is 16.6 Å². The van der Waals surface area contributed by atoms with Gasteiger partial charge in [0.15, 0.2) is 0 Å². The predicted octanol–water partition coefficient (Wildman–Crippen LogP) is 1.83. The molecule has 1 saturated heterocycles. The van der Waals surface area contributed by atoms with Crippen LogP contribution in [0.25, 0.3) is 0 Å². The second-order valence-corrected chi connectivity index (χ2v) is 5.87. The molecule has 3 heterocycles. The van der Waals surface area contributed by atoms with Crippen molar-refractivity contribution >= 4 is 21.8 Å². The monoisotopic (exact) mass is 363 g/mol. The number of halogens is 1. The Labute approximate surface area is 135 Å². The molecule has 0 bridgehead atoms. The number of nitrogens with one attached hydrogen (secondary N) is 1. The van der Waals surface area contributed by atoms with Crippen LogP contribution >= 0.6 is 15.9 Å². The Hall–Kier alpha value is -2.15. The lowest BCUT2D eigenvalue weighted by Crippen LogP contribution is -2.31. The molecule has 6 nitrogen and oxygen atoms in total. The van der Waals surface area contributed by atoms with Gasteiger partial charge in [0.2, 0.25) is 11.4 Å². The number of H-pyrrole nitrogens is 1. The van der Waals surface area contributed by atoms with E-state index >= 15 is 0 Å². The molecule has 22 heavy (non-hydrogen) atoms. The van der Waals surface area contributed by atoms with Crippen molar-refractivity contribution in [2.45, 2.75) is 12.5 Å². The highest BCUT2D eigenvalue weighted by atomic mass is 79.9. The third-order valence-corrected chi connectivity index (χ3v) is 4.07. The zero-order chi connectivity index (χ0) is 15.5. The largest absolute Gasteiger partial charge is 0.472 e. The number of ether oxygens (including phenoxy) is 1. The fourth-order valence-corrected chi connectivity index (χ4v) is 2.70. The Morgan fingerprint density at radius 1 is 1.41 bits per heavy atom. The van der Waals surface area contributed by atoms with E-state index < -0.39 is 0 Å². The minimum absolute atomic E-state index is 0.0853. The van der Waals surface area contributed by atoms with Crippen molar-refractivity contribution in [1.82, 2.24) is 14.9 Å². The summed E-state index contributed by atoms with van der Waals surface area (Å²) < 4.78 is 6.62. The van der Waals surface area contributed by atoms with Gasteiger partial charge in [0.1, 0.15) is 6.10 Å². The number of carbonyl (C=O) groups is 1. The molecule has 2 aromatic rings. The van der Waals surface area contributed by atoms with Crippen molar-refractivity contribution in [2.24, 2.45) is 0 Å². The second-order valence-electron chi connectivity index (χ2n) is 5.01. The first kappa shape index (κ1) is 14.8. The van der Waals surface area contributed by atoms with Gasteiger partial charge in [-0.2, -0.15) is 0 Å². The maximum atomic E-state index is 12.3. The normalized spacial score (nSPS) is 17.5. The fourth-order valence-electron chi connectivity index (χ4n) is 2.35. The van der Waals surface area contributed by atoms with Crippen molar-refractivity contribution in [3.8, 4) is 5.88 Å². The molecular weight excluding hydrogens is 350 g/mol. The van der Waals surface area contributed by atoms with Gasteiger partial charge in [-0.3, -0.25) is 9.59 Å². The summed E-state index contributed by atoms with van der Waals surface area (Å²) in [5.41, 5.74) is 0.249. The molecule has 7 heteroatoms. The average Bonchev–Trinajstić information content (AvgIpc) is 2.98. The van der Waals surface area contributed by atoms with Gasteiger partial charge in [-0.25, -0.2) is 4.98 Å². The van der Waals surface area contributed by atoms with Crippen molar-refractivity contribution < 1.29 is 9.53 Å². The first-order chi connectivity index (χ1) is 10.6. The molecule has 2 aromatic heterocycles. The van der Waals surface area contributed by atoms with Crippen molar-refractivity contribution in [3.63, 3.8) is 0 Å². The number of rotatable bonds is 3. The second kappa shape index (κ2) is 6.31. The molecular formula is C15H14BrN3O3. The van der Waals surface area contributed by atoms with Crippen LogP contribution in [-0.2, 0) is 0 Å². The maximum absolute atomic E-state index is 12.3. The van der Waals surface area contributed by atoms with Gasteiger partial charge in [-0.05, 0) is 34.1 Å². The lowest BCUT2D eigenvalue weighted by molar-refractivity contribution is 0.0770. The summed E-state index contributed by atoms with van der Waals surface area (Å²) in [4.78, 5) is 31.8. The Kier molecular flexibility index (Phi) is 4.24. The number of likely N-dealkylation sites (tertiary alicyclic amines) is 1. The van der Waals surface area contributed by atoms with E-state index in [2.05, 4.69) is 25.9 Å². The molecule has 0 spiro atoms. The van der Waals surface area contributed by atoms with Crippen LogP contribution in [0.4, 0.5) is 0 Å². The van der Waals surface area contributed by atoms with Crippen LogP contribution in [0.1, 0.15) is 16.8 Å². The van der Waals surface area contributed by atoms with Gasteiger partial charge in [-0.1, -0.05) is 0 Å². The van der Waals surface area contributed by atoms with Crippen molar-refractivity contribution in [2.75, 3.05) is 13.1 Å². The molecule has 1 N–H and O–H groups in total. The maximum Gasteiger partial charge on any atom is 0.255 e. The summed E-state index contributed by atoms with van der Waals surface area (Å²) >= 11 is 3.39. The smallest absolute Gasteiger partial charge is 0.255 e. The lowest BCUT2D eigenvalue weighted by Gasteiger charge is -2.17. The number of amides is 1. The van der Waals surface area contributed by atoms with Crippen molar-refractivity contribution in [3.05, 3.63) is 57.0 Å². The zero-order valence-electron chi connectivity index (χ0n) is 11.7. The molecule has 1 atom stereocenters. The van der Waals surface area contributed by atoms with E-state index in [9.17, 15) is 9.59 Å². The van der Waals surface area contributed by atoms with Gasteiger partial charge in [0.25, 0.3) is 5.91 Å². The van der Waals surface area contributed by atoms with Crippen LogP contribution in [-0.4, -0.2) is 40.0 Å². The molecule has 114 valence electrons. The minimum Gasteiger partial charge on any atom is -0.472 e. The Morgan fingerprint density at radius 3 is 3.00 bits per heavy atom. The number of pyridine rings is 2. The molecule has 1 aliphatic rings. The van der Waals surface area contributed by atoms with Crippen LogP contribution in [0.5, 0.6) is 5.88 Å². The van der Waals surface area contributed by atoms with Crippen LogP contribution in [0.3, 0.4) is 0 Å². The Morgan fingerprint density at radius 2 is 2.27 bits per heavy atom. The molecule has 3 rings (SSSR count). The molecule has 0 aromatic carbocycles. The summed E-state index contributed by atoms with van der Waals surface area (Å²) in [5, 5.41) is 0. The highest BCUT2D eigenvalue weighted by Gasteiger charge is 2.29. The molecule has 1 aliphatic heterocycles. The SMILES string of the molecule is O=C(c1ccc(=O)[nH]c1)N1CCC(Oc2ncccc2Br)C1. The summed E-state index contributed by atoms with van der Waals surface area (Å²) in [6.07, 6.45) is 3.77. The molecule has 1 unspecified atom stereocenters. The third kappa shape index (κ3) is 3.19. The van der Waals surface area contributed by atoms with Crippen LogP contribution < -0.4 is 10.3 Å². The zero-order valence-corrected chi connectivity index (χ0v) is 13.2. The molecule has 0 aliphatic carbocycles. The highest BCUT2D eigenvalue weighted by molar-refractivity contribution is 9.10. The van der Waals surface area contributed by atoms with Crippen LogP contribution in [0.15, 0.2) is 45.9 Å².